The van der Waals surface area contributed by atoms with Gasteiger partial charge in [-0.05, 0) is 22.4 Å². The molecule has 0 spiro atoms. The minimum atomic E-state index is 0.143. The lowest BCUT2D eigenvalue weighted by molar-refractivity contribution is 0.596. The van der Waals surface area contributed by atoms with Crippen LogP contribution in [-0.4, -0.2) is 4.98 Å². The van der Waals surface area contributed by atoms with Gasteiger partial charge in [-0.15, -0.1) is 0 Å². The summed E-state index contributed by atoms with van der Waals surface area (Å²) in [7, 11) is 0. The Hall–Kier alpha value is -1.89. The highest BCUT2D eigenvalue weighted by molar-refractivity contribution is 6.06. The molecule has 0 atom stereocenters. The third-order valence-electron chi connectivity index (χ3n) is 3.44. The molecule has 0 aliphatic carbocycles. The molecule has 0 saturated heterocycles. The Kier molecular flexibility index (Phi) is 2.37. The van der Waals surface area contributed by atoms with Crippen LogP contribution in [0.25, 0.3) is 21.7 Å². The molecule has 0 aliphatic heterocycles. The molecule has 0 unspecified atom stereocenters. The van der Waals surface area contributed by atoms with E-state index in [2.05, 4.69) is 62.2 Å². The van der Waals surface area contributed by atoms with Crippen molar-refractivity contribution in [3.8, 4) is 0 Å². The lowest BCUT2D eigenvalue weighted by Crippen LogP contribution is -2.11. The van der Waals surface area contributed by atoms with Gasteiger partial charge in [0.25, 0.3) is 0 Å². The predicted octanol–water partition coefficient (Wildman–Crippen LogP) is 4.69. The summed E-state index contributed by atoms with van der Waals surface area (Å²) in [6, 6.07) is 14.9. The monoisotopic (exact) mass is 235 g/mol. The summed E-state index contributed by atoms with van der Waals surface area (Å²) in [5, 5.41) is 3.80. The predicted molar refractivity (Wildman–Crippen MR) is 77.9 cm³/mol. The van der Waals surface area contributed by atoms with Crippen LogP contribution in [0.15, 0.2) is 48.7 Å². The van der Waals surface area contributed by atoms with Crippen molar-refractivity contribution in [3.63, 3.8) is 0 Å². The summed E-state index contributed by atoms with van der Waals surface area (Å²) in [5.41, 5.74) is 2.57. The number of fused-ring (bicyclic) bond motifs is 3. The molecular weight excluding hydrogens is 218 g/mol. The van der Waals surface area contributed by atoms with Crippen molar-refractivity contribution in [2.75, 3.05) is 0 Å². The fourth-order valence-electron chi connectivity index (χ4n) is 2.54. The average Bonchev–Trinajstić information content (AvgIpc) is 2.36. The normalized spacial score (nSPS) is 12.2. The molecule has 3 aromatic rings. The van der Waals surface area contributed by atoms with Gasteiger partial charge < -0.3 is 0 Å². The summed E-state index contributed by atoms with van der Waals surface area (Å²) in [6.45, 7) is 6.74. The van der Waals surface area contributed by atoms with Crippen molar-refractivity contribution >= 4 is 21.7 Å². The van der Waals surface area contributed by atoms with Crippen molar-refractivity contribution in [1.29, 1.82) is 0 Å². The fourth-order valence-corrected chi connectivity index (χ4v) is 2.54. The number of hydrogen-bond donors (Lipinski definition) is 0. The SMILES string of the molecule is CC(C)(C)c1cccc2c1cnc1ccccc12. The zero-order valence-electron chi connectivity index (χ0n) is 11.1. The molecule has 1 nitrogen and oxygen atoms in total. The van der Waals surface area contributed by atoms with E-state index in [9.17, 15) is 0 Å². The highest BCUT2D eigenvalue weighted by Crippen LogP contribution is 2.32. The zero-order valence-corrected chi connectivity index (χ0v) is 11.1. The third kappa shape index (κ3) is 1.67. The molecule has 2 aromatic carbocycles. The molecule has 0 saturated carbocycles. The fraction of sp³-hybridized carbons (Fsp3) is 0.235. The van der Waals surface area contributed by atoms with E-state index < -0.39 is 0 Å². The number of aromatic nitrogens is 1. The van der Waals surface area contributed by atoms with Crippen LogP contribution in [0.4, 0.5) is 0 Å². The molecule has 0 bridgehead atoms. The molecule has 0 amide bonds. The van der Waals surface area contributed by atoms with Crippen LogP contribution in [0.2, 0.25) is 0 Å². The van der Waals surface area contributed by atoms with E-state index in [4.69, 9.17) is 0 Å². The van der Waals surface area contributed by atoms with E-state index in [0.717, 1.165) is 5.52 Å². The van der Waals surface area contributed by atoms with Gasteiger partial charge in [0.15, 0.2) is 0 Å². The van der Waals surface area contributed by atoms with E-state index in [0.29, 0.717) is 0 Å². The highest BCUT2D eigenvalue weighted by Gasteiger charge is 2.17. The van der Waals surface area contributed by atoms with Crippen molar-refractivity contribution in [3.05, 3.63) is 54.2 Å². The molecular formula is C17H17N. The van der Waals surface area contributed by atoms with Crippen molar-refractivity contribution in [1.82, 2.24) is 4.98 Å². The second kappa shape index (κ2) is 3.81. The van der Waals surface area contributed by atoms with E-state index >= 15 is 0 Å². The van der Waals surface area contributed by atoms with E-state index in [1.807, 2.05) is 12.3 Å². The molecule has 0 radical (unpaired) electrons. The van der Waals surface area contributed by atoms with Gasteiger partial charge in [0.1, 0.15) is 0 Å². The maximum absolute atomic E-state index is 4.58. The number of benzene rings is 2. The van der Waals surface area contributed by atoms with Crippen LogP contribution in [0.1, 0.15) is 26.3 Å². The highest BCUT2D eigenvalue weighted by atomic mass is 14.6. The summed E-state index contributed by atoms with van der Waals surface area (Å²) in [6.07, 6.45) is 2.01. The zero-order chi connectivity index (χ0) is 12.8. The van der Waals surface area contributed by atoms with Crippen molar-refractivity contribution < 1.29 is 0 Å². The Morgan fingerprint density at radius 3 is 2.28 bits per heavy atom. The van der Waals surface area contributed by atoms with Gasteiger partial charge in [-0.25, -0.2) is 0 Å². The van der Waals surface area contributed by atoms with Gasteiger partial charge >= 0.3 is 0 Å². The van der Waals surface area contributed by atoms with Crippen LogP contribution >= 0.6 is 0 Å². The molecule has 3 rings (SSSR count). The molecule has 1 heteroatoms. The Balaban J connectivity index is 2.48. The van der Waals surface area contributed by atoms with E-state index in [1.54, 1.807) is 0 Å². The Labute approximate surface area is 107 Å². The van der Waals surface area contributed by atoms with Crippen LogP contribution < -0.4 is 0 Å². The van der Waals surface area contributed by atoms with Crippen LogP contribution in [0, 0.1) is 0 Å². The van der Waals surface area contributed by atoms with Crippen LogP contribution in [0.5, 0.6) is 0 Å². The lowest BCUT2D eigenvalue weighted by atomic mass is 9.84. The molecule has 0 fully saturated rings. The third-order valence-corrected chi connectivity index (χ3v) is 3.44. The molecule has 0 N–H and O–H groups in total. The van der Waals surface area contributed by atoms with Gasteiger partial charge in [0, 0.05) is 17.0 Å². The summed E-state index contributed by atoms with van der Waals surface area (Å²) >= 11 is 0. The Bertz CT molecular complexity index is 720. The average molecular weight is 235 g/mol. The second-order valence-electron chi connectivity index (χ2n) is 5.79. The first-order valence-electron chi connectivity index (χ1n) is 6.34. The van der Waals surface area contributed by atoms with Gasteiger partial charge in [-0.2, -0.15) is 0 Å². The molecule has 1 aromatic heterocycles. The van der Waals surface area contributed by atoms with Gasteiger partial charge in [-0.3, -0.25) is 4.98 Å². The standard InChI is InChI=1S/C17H17N/c1-17(2,3)15-9-6-8-12-13-7-4-5-10-16(13)18-11-14(12)15/h4-11H,1-3H3. The maximum atomic E-state index is 4.58. The van der Waals surface area contributed by atoms with E-state index in [-0.39, 0.29) is 5.41 Å². The smallest absolute Gasteiger partial charge is 0.0708 e. The Morgan fingerprint density at radius 2 is 1.50 bits per heavy atom. The molecule has 0 aliphatic rings. The number of para-hydroxylation sites is 1. The first kappa shape index (κ1) is 11.2. The lowest BCUT2D eigenvalue weighted by Gasteiger charge is -2.21. The largest absolute Gasteiger partial charge is 0.256 e. The second-order valence-corrected chi connectivity index (χ2v) is 5.79. The van der Waals surface area contributed by atoms with Gasteiger partial charge in [0.2, 0.25) is 0 Å². The van der Waals surface area contributed by atoms with Crippen molar-refractivity contribution in [2.45, 2.75) is 26.2 Å². The quantitative estimate of drug-likeness (QED) is 0.515. The van der Waals surface area contributed by atoms with Crippen LogP contribution in [-0.2, 0) is 5.41 Å². The minimum absolute atomic E-state index is 0.143. The molecule has 18 heavy (non-hydrogen) atoms. The first-order valence-corrected chi connectivity index (χ1v) is 6.34. The van der Waals surface area contributed by atoms with Crippen molar-refractivity contribution in [2.24, 2.45) is 0 Å². The van der Waals surface area contributed by atoms with E-state index in [1.165, 1.54) is 21.7 Å². The summed E-state index contributed by atoms with van der Waals surface area (Å²) < 4.78 is 0. The number of pyridine rings is 1. The Morgan fingerprint density at radius 1 is 0.778 bits per heavy atom. The molecule has 1 heterocycles. The number of hydrogen-bond acceptors (Lipinski definition) is 1. The minimum Gasteiger partial charge on any atom is -0.256 e. The summed E-state index contributed by atoms with van der Waals surface area (Å²) in [5.74, 6) is 0. The van der Waals surface area contributed by atoms with Crippen LogP contribution in [0.3, 0.4) is 0 Å². The van der Waals surface area contributed by atoms with Gasteiger partial charge in [0.05, 0.1) is 5.52 Å². The summed E-state index contributed by atoms with van der Waals surface area (Å²) in [4.78, 5) is 4.58. The number of rotatable bonds is 0. The maximum Gasteiger partial charge on any atom is 0.0708 e. The van der Waals surface area contributed by atoms with Gasteiger partial charge in [-0.1, -0.05) is 57.2 Å². The first-order chi connectivity index (χ1) is 8.57. The topological polar surface area (TPSA) is 12.9 Å². The molecule has 90 valence electrons. The number of nitrogens with zero attached hydrogens (tertiary/aromatic N) is 1.